The van der Waals surface area contributed by atoms with Gasteiger partial charge in [-0.1, -0.05) is 19.8 Å². The number of hydrogen-bond acceptors (Lipinski definition) is 4. The van der Waals surface area contributed by atoms with Gasteiger partial charge in [-0.25, -0.2) is 15.4 Å². The molecular formula is C9H16N4. The van der Waals surface area contributed by atoms with E-state index < -0.39 is 0 Å². The quantitative estimate of drug-likeness (QED) is 0.527. The number of nitrogens with two attached hydrogens (primary N) is 1. The van der Waals surface area contributed by atoms with Crippen molar-refractivity contribution in [2.24, 2.45) is 5.84 Å². The van der Waals surface area contributed by atoms with E-state index in [4.69, 9.17) is 5.84 Å². The van der Waals surface area contributed by atoms with Crippen LogP contribution in [0, 0.1) is 0 Å². The minimum Gasteiger partial charge on any atom is -0.271 e. The molecule has 0 spiro atoms. The van der Waals surface area contributed by atoms with Crippen LogP contribution in [-0.4, -0.2) is 9.97 Å². The van der Waals surface area contributed by atoms with Crippen LogP contribution in [0.4, 0.5) is 0 Å². The normalized spacial score (nSPS) is 12.8. The van der Waals surface area contributed by atoms with Gasteiger partial charge in [-0.2, -0.15) is 0 Å². The van der Waals surface area contributed by atoms with Gasteiger partial charge in [0.05, 0.1) is 6.04 Å². The van der Waals surface area contributed by atoms with Gasteiger partial charge in [-0.15, -0.1) is 0 Å². The molecule has 1 heterocycles. The van der Waals surface area contributed by atoms with Crippen LogP contribution in [0.25, 0.3) is 0 Å². The predicted octanol–water partition coefficient (Wildman–Crippen LogP) is 1.17. The molecule has 0 aliphatic heterocycles. The molecule has 0 amide bonds. The second kappa shape index (κ2) is 5.61. The lowest BCUT2D eigenvalue weighted by molar-refractivity contribution is 0.472. The van der Waals surface area contributed by atoms with Gasteiger partial charge < -0.3 is 0 Å². The Bertz CT molecular complexity index is 224. The third-order valence-corrected chi connectivity index (χ3v) is 1.94. The molecule has 0 saturated carbocycles. The standard InChI is InChI=1S/C9H16N4/c1-2-3-5-8(13-10)9-11-6-4-7-12-9/h4,6-8,13H,2-3,5,10H2,1H3. The fourth-order valence-electron chi connectivity index (χ4n) is 1.19. The summed E-state index contributed by atoms with van der Waals surface area (Å²) < 4.78 is 0. The molecule has 4 nitrogen and oxygen atoms in total. The summed E-state index contributed by atoms with van der Waals surface area (Å²) in [5.74, 6) is 6.19. The molecule has 13 heavy (non-hydrogen) atoms. The first kappa shape index (κ1) is 10.1. The zero-order valence-corrected chi connectivity index (χ0v) is 7.90. The molecule has 1 unspecified atom stereocenters. The van der Waals surface area contributed by atoms with Crippen LogP contribution in [-0.2, 0) is 0 Å². The zero-order chi connectivity index (χ0) is 9.52. The first-order chi connectivity index (χ1) is 6.38. The number of hydrogen-bond donors (Lipinski definition) is 2. The Balaban J connectivity index is 2.56. The monoisotopic (exact) mass is 180 g/mol. The smallest absolute Gasteiger partial charge is 0.146 e. The molecule has 0 fully saturated rings. The highest BCUT2D eigenvalue weighted by Crippen LogP contribution is 2.13. The predicted molar refractivity (Wildman–Crippen MR) is 51.6 cm³/mol. The first-order valence-corrected chi connectivity index (χ1v) is 4.61. The number of nitrogens with zero attached hydrogens (tertiary/aromatic N) is 2. The van der Waals surface area contributed by atoms with Crippen molar-refractivity contribution in [1.29, 1.82) is 0 Å². The summed E-state index contributed by atoms with van der Waals surface area (Å²) in [4.78, 5) is 8.30. The third-order valence-electron chi connectivity index (χ3n) is 1.94. The van der Waals surface area contributed by atoms with Crippen molar-refractivity contribution in [3.05, 3.63) is 24.3 Å². The van der Waals surface area contributed by atoms with Crippen LogP contribution < -0.4 is 11.3 Å². The van der Waals surface area contributed by atoms with E-state index >= 15 is 0 Å². The van der Waals surface area contributed by atoms with Crippen LogP contribution in [0.15, 0.2) is 18.5 Å². The van der Waals surface area contributed by atoms with E-state index in [1.54, 1.807) is 18.5 Å². The maximum atomic E-state index is 5.42. The Hall–Kier alpha value is -1.00. The second-order valence-electron chi connectivity index (χ2n) is 2.97. The summed E-state index contributed by atoms with van der Waals surface area (Å²) in [6.45, 7) is 2.15. The molecule has 0 radical (unpaired) electrons. The van der Waals surface area contributed by atoms with Gasteiger partial charge in [0.1, 0.15) is 5.82 Å². The van der Waals surface area contributed by atoms with Crippen LogP contribution in [0.2, 0.25) is 0 Å². The first-order valence-electron chi connectivity index (χ1n) is 4.61. The van der Waals surface area contributed by atoms with Crippen molar-refractivity contribution < 1.29 is 0 Å². The third kappa shape index (κ3) is 3.08. The number of aromatic nitrogens is 2. The van der Waals surface area contributed by atoms with Gasteiger partial charge in [-0.3, -0.25) is 5.84 Å². The molecule has 0 aliphatic rings. The van der Waals surface area contributed by atoms with Crippen molar-refractivity contribution >= 4 is 0 Å². The van der Waals surface area contributed by atoms with E-state index in [1.165, 1.54) is 0 Å². The molecule has 4 heteroatoms. The highest BCUT2D eigenvalue weighted by molar-refractivity contribution is 4.94. The van der Waals surface area contributed by atoms with Gasteiger partial charge in [0, 0.05) is 12.4 Å². The van der Waals surface area contributed by atoms with Gasteiger partial charge in [-0.05, 0) is 12.5 Å². The van der Waals surface area contributed by atoms with E-state index in [0.29, 0.717) is 0 Å². The number of hydrazine groups is 1. The van der Waals surface area contributed by atoms with E-state index in [-0.39, 0.29) is 6.04 Å². The van der Waals surface area contributed by atoms with E-state index in [0.717, 1.165) is 25.1 Å². The summed E-state index contributed by atoms with van der Waals surface area (Å²) >= 11 is 0. The van der Waals surface area contributed by atoms with Crippen molar-refractivity contribution in [2.45, 2.75) is 32.2 Å². The molecule has 1 atom stereocenters. The second-order valence-corrected chi connectivity index (χ2v) is 2.97. The highest BCUT2D eigenvalue weighted by atomic mass is 15.2. The lowest BCUT2D eigenvalue weighted by atomic mass is 10.1. The molecule has 1 rings (SSSR count). The Morgan fingerprint density at radius 2 is 2.15 bits per heavy atom. The molecule has 0 bridgehead atoms. The number of rotatable bonds is 5. The number of unbranched alkanes of at least 4 members (excludes halogenated alkanes) is 1. The Morgan fingerprint density at radius 3 is 2.69 bits per heavy atom. The Kier molecular flexibility index (Phi) is 4.35. The molecule has 1 aromatic heterocycles. The maximum absolute atomic E-state index is 5.42. The molecule has 0 aromatic carbocycles. The number of nitrogens with one attached hydrogen (secondary N) is 1. The van der Waals surface area contributed by atoms with Crippen molar-refractivity contribution in [3.8, 4) is 0 Å². The summed E-state index contributed by atoms with van der Waals surface area (Å²) in [5, 5.41) is 0. The molecule has 3 N–H and O–H groups in total. The topological polar surface area (TPSA) is 63.8 Å². The van der Waals surface area contributed by atoms with E-state index in [1.807, 2.05) is 0 Å². The summed E-state index contributed by atoms with van der Waals surface area (Å²) in [5.41, 5.74) is 2.73. The molecule has 1 aromatic rings. The summed E-state index contributed by atoms with van der Waals surface area (Å²) in [6, 6.07) is 1.89. The van der Waals surface area contributed by atoms with Gasteiger partial charge in [0.25, 0.3) is 0 Å². The zero-order valence-electron chi connectivity index (χ0n) is 7.90. The molecule has 0 saturated heterocycles. The molecule has 72 valence electrons. The van der Waals surface area contributed by atoms with Crippen LogP contribution in [0.3, 0.4) is 0 Å². The average Bonchev–Trinajstić information content (AvgIpc) is 2.21. The van der Waals surface area contributed by atoms with Crippen LogP contribution >= 0.6 is 0 Å². The SMILES string of the molecule is CCCCC(NN)c1ncccn1. The van der Waals surface area contributed by atoms with E-state index in [9.17, 15) is 0 Å². The largest absolute Gasteiger partial charge is 0.271 e. The fourth-order valence-corrected chi connectivity index (χ4v) is 1.19. The minimum atomic E-state index is 0.0844. The minimum absolute atomic E-state index is 0.0844. The van der Waals surface area contributed by atoms with Gasteiger partial charge in [0.2, 0.25) is 0 Å². The Labute approximate surface area is 78.6 Å². The Morgan fingerprint density at radius 1 is 1.46 bits per heavy atom. The average molecular weight is 180 g/mol. The summed E-state index contributed by atoms with van der Waals surface area (Å²) in [7, 11) is 0. The van der Waals surface area contributed by atoms with E-state index in [2.05, 4.69) is 22.3 Å². The van der Waals surface area contributed by atoms with Gasteiger partial charge in [0.15, 0.2) is 0 Å². The lowest BCUT2D eigenvalue weighted by Gasteiger charge is -2.12. The maximum Gasteiger partial charge on any atom is 0.146 e. The van der Waals surface area contributed by atoms with Crippen LogP contribution in [0.5, 0.6) is 0 Å². The molecule has 0 aliphatic carbocycles. The van der Waals surface area contributed by atoms with Crippen molar-refractivity contribution in [2.75, 3.05) is 0 Å². The van der Waals surface area contributed by atoms with Crippen LogP contribution in [0.1, 0.15) is 38.1 Å². The van der Waals surface area contributed by atoms with Gasteiger partial charge >= 0.3 is 0 Å². The van der Waals surface area contributed by atoms with Crippen molar-refractivity contribution in [3.63, 3.8) is 0 Å². The fraction of sp³-hybridized carbons (Fsp3) is 0.556. The lowest BCUT2D eigenvalue weighted by Crippen LogP contribution is -2.29. The highest BCUT2D eigenvalue weighted by Gasteiger charge is 2.10. The van der Waals surface area contributed by atoms with Crippen molar-refractivity contribution in [1.82, 2.24) is 15.4 Å². The molecular weight excluding hydrogens is 164 g/mol. The summed E-state index contributed by atoms with van der Waals surface area (Å²) in [6.07, 6.45) is 6.74.